The Kier molecular flexibility index (Phi) is 7.82. The van der Waals surface area contributed by atoms with E-state index in [1.54, 1.807) is 12.1 Å². The number of rotatable bonds is 7. The van der Waals surface area contributed by atoms with Crippen molar-refractivity contribution in [1.82, 2.24) is 15.5 Å². The van der Waals surface area contributed by atoms with Crippen molar-refractivity contribution in [2.75, 3.05) is 26.7 Å². The van der Waals surface area contributed by atoms with Crippen LogP contribution in [0.5, 0.6) is 5.75 Å². The predicted molar refractivity (Wildman–Crippen MR) is 125 cm³/mol. The van der Waals surface area contributed by atoms with Gasteiger partial charge in [-0.25, -0.2) is 4.39 Å². The van der Waals surface area contributed by atoms with Gasteiger partial charge in [0.05, 0.1) is 25.3 Å². The van der Waals surface area contributed by atoms with Crippen molar-refractivity contribution >= 4 is 11.8 Å². The highest BCUT2D eigenvalue weighted by molar-refractivity contribution is 5.96. The molecule has 2 aromatic rings. The summed E-state index contributed by atoms with van der Waals surface area (Å²) in [7, 11) is 1.45. The molecule has 36 heavy (non-hydrogen) atoms. The molecule has 6 nitrogen and oxygen atoms in total. The van der Waals surface area contributed by atoms with Crippen LogP contribution in [0.15, 0.2) is 42.5 Å². The van der Waals surface area contributed by atoms with Crippen molar-refractivity contribution in [2.24, 2.45) is 0 Å². The Morgan fingerprint density at radius 2 is 1.78 bits per heavy atom. The molecule has 0 radical (unpaired) electrons. The van der Waals surface area contributed by atoms with E-state index in [2.05, 4.69) is 15.5 Å². The molecule has 1 aliphatic heterocycles. The zero-order valence-corrected chi connectivity index (χ0v) is 19.9. The highest BCUT2D eigenvalue weighted by atomic mass is 19.4. The number of carbonyl (C=O) groups excluding carboxylic acids is 2. The largest absolute Gasteiger partial charge is 0.494 e. The molecule has 194 valence electrons. The normalized spacial score (nSPS) is 20.9. The van der Waals surface area contributed by atoms with E-state index < -0.39 is 17.6 Å². The van der Waals surface area contributed by atoms with E-state index in [0.29, 0.717) is 25.0 Å². The molecule has 2 N–H and O–H groups in total. The molecule has 2 fully saturated rings. The van der Waals surface area contributed by atoms with Crippen LogP contribution in [0.25, 0.3) is 0 Å². The molecular weight excluding hydrogens is 478 g/mol. The zero-order valence-electron chi connectivity index (χ0n) is 19.9. The monoisotopic (exact) mass is 507 g/mol. The lowest BCUT2D eigenvalue weighted by Gasteiger charge is -2.46. The number of amides is 2. The molecule has 2 amide bonds. The summed E-state index contributed by atoms with van der Waals surface area (Å²) in [6, 6.07) is 9.61. The fraction of sp³-hybridized carbons (Fsp3) is 0.462. The van der Waals surface area contributed by atoms with E-state index in [-0.39, 0.29) is 35.6 Å². The van der Waals surface area contributed by atoms with Gasteiger partial charge in [0.2, 0.25) is 5.91 Å². The van der Waals surface area contributed by atoms with Crippen LogP contribution < -0.4 is 15.4 Å². The molecule has 0 unspecified atom stereocenters. The maximum Gasteiger partial charge on any atom is 0.416 e. The van der Waals surface area contributed by atoms with Crippen molar-refractivity contribution in [3.8, 4) is 5.75 Å². The average molecular weight is 508 g/mol. The number of hydrogen-bond acceptors (Lipinski definition) is 4. The highest BCUT2D eigenvalue weighted by Crippen LogP contribution is 2.37. The zero-order chi connectivity index (χ0) is 25.9. The predicted octanol–water partition coefficient (Wildman–Crippen LogP) is 4.11. The van der Waals surface area contributed by atoms with Crippen LogP contribution in [0.3, 0.4) is 0 Å². The van der Waals surface area contributed by atoms with Crippen LogP contribution in [0.1, 0.15) is 53.1 Å². The van der Waals surface area contributed by atoms with Crippen LogP contribution in [-0.2, 0) is 11.0 Å². The molecule has 1 saturated heterocycles. The number of nitrogens with zero attached hydrogens (tertiary/aromatic N) is 1. The molecule has 0 atom stereocenters. The summed E-state index contributed by atoms with van der Waals surface area (Å²) in [4.78, 5) is 26.7. The van der Waals surface area contributed by atoms with E-state index in [1.807, 2.05) is 6.07 Å². The molecule has 0 spiro atoms. The molecule has 1 heterocycles. The first kappa shape index (κ1) is 25.9. The van der Waals surface area contributed by atoms with Crippen LogP contribution in [0.4, 0.5) is 17.6 Å². The Morgan fingerprint density at radius 3 is 2.42 bits per heavy atom. The number of likely N-dealkylation sites (tertiary alicyclic amines) is 1. The first-order valence-electron chi connectivity index (χ1n) is 12.0. The summed E-state index contributed by atoms with van der Waals surface area (Å²) in [6.45, 7) is 1.11. The van der Waals surface area contributed by atoms with Gasteiger partial charge in [0, 0.05) is 24.7 Å². The number of nitrogens with one attached hydrogen (secondary N) is 2. The Bertz CT molecular complexity index is 1090. The summed E-state index contributed by atoms with van der Waals surface area (Å²) in [5.74, 6) is -0.898. The molecule has 10 heteroatoms. The second-order valence-electron chi connectivity index (χ2n) is 9.38. The number of alkyl halides is 3. The van der Waals surface area contributed by atoms with Gasteiger partial charge in [0.15, 0.2) is 11.6 Å². The summed E-state index contributed by atoms with van der Waals surface area (Å²) in [6.07, 6.45) is -0.633. The lowest BCUT2D eigenvalue weighted by molar-refractivity contribution is -0.137. The van der Waals surface area contributed by atoms with E-state index >= 15 is 0 Å². The molecule has 4 rings (SSSR count). The minimum atomic E-state index is -4.55. The minimum absolute atomic E-state index is 0.0311. The van der Waals surface area contributed by atoms with Gasteiger partial charge in [-0.05, 0) is 67.5 Å². The number of ether oxygens (including phenoxy) is 1. The molecule has 1 saturated carbocycles. The Labute approximate surface area is 207 Å². The fourth-order valence-electron chi connectivity index (χ4n) is 4.99. The summed E-state index contributed by atoms with van der Waals surface area (Å²) < 4.78 is 57.5. The van der Waals surface area contributed by atoms with E-state index in [9.17, 15) is 27.2 Å². The van der Waals surface area contributed by atoms with Gasteiger partial charge < -0.3 is 15.4 Å². The molecule has 2 aromatic carbocycles. The average Bonchev–Trinajstić information content (AvgIpc) is 2.84. The quantitative estimate of drug-likeness (QED) is 0.554. The van der Waals surface area contributed by atoms with E-state index in [0.717, 1.165) is 49.4 Å². The second kappa shape index (κ2) is 10.9. The first-order valence-corrected chi connectivity index (χ1v) is 12.0. The molecule has 1 aliphatic carbocycles. The van der Waals surface area contributed by atoms with Gasteiger partial charge in [-0.15, -0.1) is 0 Å². The van der Waals surface area contributed by atoms with E-state index in [1.165, 1.54) is 13.2 Å². The molecular formula is C26H29F4N3O3. The third-order valence-corrected chi connectivity index (χ3v) is 7.00. The number of benzene rings is 2. The number of hydrogen-bond donors (Lipinski definition) is 2. The lowest BCUT2D eigenvalue weighted by atomic mass is 9.80. The molecule has 0 aromatic heterocycles. The third-order valence-electron chi connectivity index (χ3n) is 7.00. The van der Waals surface area contributed by atoms with Gasteiger partial charge >= 0.3 is 6.18 Å². The number of methoxy groups -OCH3 is 1. The minimum Gasteiger partial charge on any atom is -0.494 e. The highest BCUT2D eigenvalue weighted by Gasteiger charge is 2.35. The Hall–Kier alpha value is -3.14. The third kappa shape index (κ3) is 6.16. The standard InChI is InChI=1S/C26H29F4N3O3/c1-36-23-10-7-17(12-22(23)27)16-5-8-21(9-6-16)33-14-20(15-33)32-24(34)13-31-25(35)18-3-2-4-19(11-18)26(28,29)30/h2-4,7,10-12,16,20-21H,5-6,8-9,13-15H2,1H3,(H,31,35)(H,32,34). The van der Waals surface area contributed by atoms with Crippen molar-refractivity contribution in [2.45, 2.75) is 49.9 Å². The van der Waals surface area contributed by atoms with Gasteiger partial charge in [-0.1, -0.05) is 12.1 Å². The van der Waals surface area contributed by atoms with Gasteiger partial charge in [0.1, 0.15) is 0 Å². The first-order chi connectivity index (χ1) is 17.1. The molecule has 0 bridgehead atoms. The van der Waals surface area contributed by atoms with E-state index in [4.69, 9.17) is 4.74 Å². The van der Waals surface area contributed by atoms with Crippen LogP contribution in [-0.4, -0.2) is 55.5 Å². The van der Waals surface area contributed by atoms with Crippen LogP contribution in [0, 0.1) is 5.82 Å². The van der Waals surface area contributed by atoms with Crippen molar-refractivity contribution in [3.05, 3.63) is 65.0 Å². The summed E-state index contributed by atoms with van der Waals surface area (Å²) in [5, 5.41) is 5.22. The SMILES string of the molecule is COc1ccc(C2CCC(N3CC(NC(=O)CNC(=O)c4cccc(C(F)(F)F)c4)C3)CC2)cc1F. The number of carbonyl (C=O) groups is 2. The van der Waals surface area contributed by atoms with Crippen LogP contribution >= 0.6 is 0 Å². The van der Waals surface area contributed by atoms with Crippen molar-refractivity contribution in [1.29, 1.82) is 0 Å². The topological polar surface area (TPSA) is 70.7 Å². The maximum absolute atomic E-state index is 14.0. The van der Waals surface area contributed by atoms with Crippen molar-refractivity contribution < 1.29 is 31.9 Å². The van der Waals surface area contributed by atoms with Gasteiger partial charge in [-0.2, -0.15) is 13.2 Å². The summed E-state index contributed by atoms with van der Waals surface area (Å²) >= 11 is 0. The van der Waals surface area contributed by atoms with Crippen LogP contribution in [0.2, 0.25) is 0 Å². The smallest absolute Gasteiger partial charge is 0.416 e. The van der Waals surface area contributed by atoms with Gasteiger partial charge in [0.25, 0.3) is 5.91 Å². The summed E-state index contributed by atoms with van der Waals surface area (Å²) in [5.41, 5.74) is -0.0764. The Morgan fingerprint density at radius 1 is 1.06 bits per heavy atom. The maximum atomic E-state index is 14.0. The van der Waals surface area contributed by atoms with Crippen molar-refractivity contribution in [3.63, 3.8) is 0 Å². The van der Waals surface area contributed by atoms with Gasteiger partial charge in [-0.3, -0.25) is 14.5 Å². The lowest BCUT2D eigenvalue weighted by Crippen LogP contribution is -2.63. The Balaban J connectivity index is 1.16. The number of halogens is 4. The second-order valence-corrected chi connectivity index (χ2v) is 9.38. The molecule has 2 aliphatic rings. The fourth-order valence-corrected chi connectivity index (χ4v) is 4.99.